The lowest BCUT2D eigenvalue weighted by molar-refractivity contribution is 0.174. The van der Waals surface area contributed by atoms with Gasteiger partial charge in [-0.3, -0.25) is 0 Å². The Morgan fingerprint density at radius 1 is 1.26 bits per heavy atom. The average Bonchev–Trinajstić information content (AvgIpc) is 2.93. The highest BCUT2D eigenvalue weighted by molar-refractivity contribution is 7.99. The molecule has 2 aliphatic heterocycles. The van der Waals surface area contributed by atoms with Gasteiger partial charge >= 0.3 is 0 Å². The van der Waals surface area contributed by atoms with Gasteiger partial charge in [0.2, 0.25) is 6.79 Å². The van der Waals surface area contributed by atoms with Crippen LogP contribution in [0.5, 0.6) is 11.5 Å². The minimum absolute atomic E-state index is 0.348. The van der Waals surface area contributed by atoms with E-state index < -0.39 is 0 Å². The molecule has 1 N–H and O–H groups in total. The van der Waals surface area contributed by atoms with E-state index >= 15 is 0 Å². The predicted molar refractivity (Wildman–Crippen MR) is 79.0 cm³/mol. The molecule has 19 heavy (non-hydrogen) atoms. The Bertz CT molecular complexity index is 432. The van der Waals surface area contributed by atoms with Crippen molar-refractivity contribution in [3.63, 3.8) is 0 Å². The zero-order chi connectivity index (χ0) is 13.1. The van der Waals surface area contributed by atoms with Gasteiger partial charge in [-0.2, -0.15) is 11.8 Å². The second kappa shape index (κ2) is 6.06. The lowest BCUT2D eigenvalue weighted by Crippen LogP contribution is -2.27. The van der Waals surface area contributed by atoms with E-state index in [2.05, 4.69) is 36.1 Å². The van der Waals surface area contributed by atoms with Crippen molar-refractivity contribution in [2.45, 2.75) is 25.8 Å². The molecule has 0 aromatic heterocycles. The number of hydrogen-bond acceptors (Lipinski definition) is 4. The summed E-state index contributed by atoms with van der Waals surface area (Å²) < 4.78 is 10.8. The van der Waals surface area contributed by atoms with Gasteiger partial charge in [-0.05, 0) is 61.4 Å². The molecule has 1 saturated heterocycles. The molecule has 104 valence electrons. The molecule has 2 aliphatic rings. The van der Waals surface area contributed by atoms with Gasteiger partial charge in [0.05, 0.1) is 0 Å². The largest absolute Gasteiger partial charge is 0.454 e. The minimum Gasteiger partial charge on any atom is -0.454 e. The number of nitrogens with one attached hydrogen (secondary N) is 1. The summed E-state index contributed by atoms with van der Waals surface area (Å²) in [6.45, 7) is 3.69. The van der Waals surface area contributed by atoms with E-state index in [1.807, 2.05) is 6.07 Å². The third-order valence-electron chi connectivity index (χ3n) is 3.95. The van der Waals surface area contributed by atoms with Gasteiger partial charge in [0.1, 0.15) is 0 Å². The molecule has 1 aromatic carbocycles. The summed E-state index contributed by atoms with van der Waals surface area (Å²) >= 11 is 2.08. The number of ether oxygens (including phenoxy) is 2. The Labute approximate surface area is 119 Å². The fourth-order valence-corrected chi connectivity index (χ4v) is 3.80. The zero-order valence-corrected chi connectivity index (χ0v) is 12.2. The molecule has 4 heteroatoms. The molecule has 2 heterocycles. The third-order valence-corrected chi connectivity index (χ3v) is 5.00. The van der Waals surface area contributed by atoms with Crippen LogP contribution in [0.15, 0.2) is 18.2 Å². The molecule has 3 rings (SSSR count). The molecule has 0 bridgehead atoms. The second-order valence-electron chi connectivity index (χ2n) is 5.30. The van der Waals surface area contributed by atoms with Crippen LogP contribution in [0, 0.1) is 5.92 Å². The van der Waals surface area contributed by atoms with Gasteiger partial charge in [-0.1, -0.05) is 6.07 Å². The molecule has 0 saturated carbocycles. The van der Waals surface area contributed by atoms with Crippen molar-refractivity contribution < 1.29 is 9.47 Å². The molecule has 0 radical (unpaired) electrons. The van der Waals surface area contributed by atoms with Crippen molar-refractivity contribution in [2.24, 2.45) is 5.92 Å². The molecule has 1 atom stereocenters. The van der Waals surface area contributed by atoms with Crippen molar-refractivity contribution in [3.05, 3.63) is 23.8 Å². The normalized spacial score (nSPS) is 20.5. The Balaban J connectivity index is 1.56. The molecule has 1 aromatic rings. The van der Waals surface area contributed by atoms with Crippen LogP contribution >= 0.6 is 11.8 Å². The fourth-order valence-electron chi connectivity index (χ4n) is 2.59. The van der Waals surface area contributed by atoms with E-state index in [4.69, 9.17) is 9.47 Å². The van der Waals surface area contributed by atoms with Gasteiger partial charge < -0.3 is 14.8 Å². The van der Waals surface area contributed by atoms with Crippen LogP contribution in [0.4, 0.5) is 0 Å². The van der Waals surface area contributed by atoms with Crippen LogP contribution in [0.25, 0.3) is 0 Å². The van der Waals surface area contributed by atoms with Crippen LogP contribution in [-0.2, 0) is 0 Å². The predicted octanol–water partition coefficient (Wildman–Crippen LogP) is 3.21. The van der Waals surface area contributed by atoms with Gasteiger partial charge in [-0.25, -0.2) is 0 Å². The molecule has 0 amide bonds. The first-order chi connectivity index (χ1) is 9.33. The molecule has 0 aliphatic carbocycles. The topological polar surface area (TPSA) is 30.5 Å². The highest BCUT2D eigenvalue weighted by Crippen LogP contribution is 2.34. The monoisotopic (exact) mass is 279 g/mol. The molecular weight excluding hydrogens is 258 g/mol. The summed E-state index contributed by atoms with van der Waals surface area (Å²) in [4.78, 5) is 0. The minimum atomic E-state index is 0.348. The van der Waals surface area contributed by atoms with Gasteiger partial charge in [0.25, 0.3) is 0 Å². The summed E-state index contributed by atoms with van der Waals surface area (Å²) in [5.74, 6) is 5.23. The second-order valence-corrected chi connectivity index (χ2v) is 6.52. The molecule has 1 unspecified atom stereocenters. The summed E-state index contributed by atoms with van der Waals surface area (Å²) in [7, 11) is 0. The summed E-state index contributed by atoms with van der Waals surface area (Å²) in [6, 6.07) is 6.59. The van der Waals surface area contributed by atoms with Gasteiger partial charge in [0.15, 0.2) is 11.5 Å². The SMILES string of the molecule is CC(NCC1CCSCC1)c1ccc2c(c1)OCO2. The van der Waals surface area contributed by atoms with Crippen molar-refractivity contribution in [1.82, 2.24) is 5.32 Å². The third kappa shape index (κ3) is 3.18. The Hall–Kier alpha value is -0.870. The number of rotatable bonds is 4. The highest BCUT2D eigenvalue weighted by atomic mass is 32.2. The molecule has 0 spiro atoms. The van der Waals surface area contributed by atoms with Crippen LogP contribution in [-0.4, -0.2) is 24.8 Å². The summed E-state index contributed by atoms with van der Waals surface area (Å²) in [5.41, 5.74) is 1.27. The molecule has 3 nitrogen and oxygen atoms in total. The molecule has 1 fully saturated rings. The maximum atomic E-state index is 5.43. The Morgan fingerprint density at radius 3 is 2.89 bits per heavy atom. The van der Waals surface area contributed by atoms with E-state index in [9.17, 15) is 0 Å². The molecular formula is C15H21NO2S. The smallest absolute Gasteiger partial charge is 0.231 e. The van der Waals surface area contributed by atoms with Crippen LogP contribution < -0.4 is 14.8 Å². The number of thioether (sulfide) groups is 1. The maximum Gasteiger partial charge on any atom is 0.231 e. The zero-order valence-electron chi connectivity index (χ0n) is 11.4. The lowest BCUT2D eigenvalue weighted by Gasteiger charge is -2.24. The standard InChI is InChI=1S/C15H21NO2S/c1-11(16-9-12-4-6-19-7-5-12)13-2-3-14-15(8-13)18-10-17-14/h2-3,8,11-12,16H,4-7,9-10H2,1H3. The van der Waals surface area contributed by atoms with E-state index in [0.29, 0.717) is 12.8 Å². The first kappa shape index (κ1) is 13.1. The van der Waals surface area contributed by atoms with Crippen LogP contribution in [0.1, 0.15) is 31.4 Å². The number of hydrogen-bond donors (Lipinski definition) is 1. The van der Waals surface area contributed by atoms with E-state index in [-0.39, 0.29) is 0 Å². The number of benzene rings is 1. The van der Waals surface area contributed by atoms with Crippen LogP contribution in [0.2, 0.25) is 0 Å². The lowest BCUT2D eigenvalue weighted by atomic mass is 10.0. The fraction of sp³-hybridized carbons (Fsp3) is 0.600. The number of fused-ring (bicyclic) bond motifs is 1. The Morgan fingerprint density at radius 2 is 2.05 bits per heavy atom. The first-order valence-electron chi connectivity index (χ1n) is 7.03. The quantitative estimate of drug-likeness (QED) is 0.917. The van der Waals surface area contributed by atoms with Crippen molar-refractivity contribution in [2.75, 3.05) is 24.8 Å². The maximum absolute atomic E-state index is 5.43. The van der Waals surface area contributed by atoms with Crippen molar-refractivity contribution >= 4 is 11.8 Å². The summed E-state index contributed by atoms with van der Waals surface area (Å²) in [6.07, 6.45) is 2.71. The average molecular weight is 279 g/mol. The van der Waals surface area contributed by atoms with Crippen molar-refractivity contribution in [1.29, 1.82) is 0 Å². The van der Waals surface area contributed by atoms with E-state index in [1.54, 1.807) is 0 Å². The van der Waals surface area contributed by atoms with E-state index in [1.165, 1.54) is 29.9 Å². The van der Waals surface area contributed by atoms with Crippen LogP contribution in [0.3, 0.4) is 0 Å². The van der Waals surface area contributed by atoms with E-state index in [0.717, 1.165) is 24.0 Å². The Kier molecular flexibility index (Phi) is 4.18. The summed E-state index contributed by atoms with van der Waals surface area (Å²) in [5, 5.41) is 3.65. The first-order valence-corrected chi connectivity index (χ1v) is 8.19. The highest BCUT2D eigenvalue weighted by Gasteiger charge is 2.17. The van der Waals surface area contributed by atoms with Gasteiger partial charge in [0, 0.05) is 6.04 Å². The van der Waals surface area contributed by atoms with Crippen molar-refractivity contribution in [3.8, 4) is 11.5 Å². The van der Waals surface area contributed by atoms with Gasteiger partial charge in [-0.15, -0.1) is 0 Å².